The fourth-order valence-electron chi connectivity index (χ4n) is 5.55. The van der Waals surface area contributed by atoms with Crippen LogP contribution in [-0.4, -0.2) is 92.5 Å². The highest BCUT2D eigenvalue weighted by molar-refractivity contribution is 5.89. The zero-order valence-corrected chi connectivity index (χ0v) is 33.3. The molecule has 0 saturated carbocycles. The first-order chi connectivity index (χ1) is 25.7. The van der Waals surface area contributed by atoms with Crippen LogP contribution in [0, 0.1) is 18.3 Å². The fourth-order valence-corrected chi connectivity index (χ4v) is 5.55. The largest absolute Gasteiger partial charge is 0.405 e. The second-order valence-corrected chi connectivity index (χ2v) is 11.8. The Bertz CT molecular complexity index is 1560. The molecular weight excluding hydrogens is 665 g/mol. The minimum absolute atomic E-state index is 0.0211. The summed E-state index contributed by atoms with van der Waals surface area (Å²) < 4.78 is 5.40. The summed E-state index contributed by atoms with van der Waals surface area (Å²) >= 11 is 0. The molecule has 0 bridgehead atoms. The summed E-state index contributed by atoms with van der Waals surface area (Å²) in [6.07, 6.45) is 15.4. The van der Waals surface area contributed by atoms with Crippen LogP contribution in [0.2, 0.25) is 0 Å². The standard InChI is InChI=1S/C38H50N8O3.2C2H6/c1-6-32(35(18-20-41-28-44(4)5)43-37(47)27-49-7-2)34-25-29(3)12-17-33(34)36(11-9-8-10-19-39)45-21-23-46(24-22-45)38(48)42-31-15-13-30(26-40)14-16-31;2*1-2/h6,8-10,12-20,25,28,35-36H,7,11,21-24,27,39H2,1-5H3,(H,42,48)(H,43,47);2*1-2H3/b9-8-,19-10-,20-18+,32-6+,41-28?;;. The fraction of sp³-hybridized carbons (Fsp3) is 0.429. The molecule has 2 unspecified atom stereocenters. The Labute approximate surface area is 318 Å². The van der Waals surface area contributed by atoms with Crippen molar-refractivity contribution in [2.45, 2.75) is 67.0 Å². The first kappa shape index (κ1) is 45.8. The van der Waals surface area contributed by atoms with E-state index in [0.29, 0.717) is 50.5 Å². The van der Waals surface area contributed by atoms with E-state index in [-0.39, 0.29) is 24.6 Å². The van der Waals surface area contributed by atoms with Crippen LogP contribution < -0.4 is 16.4 Å². The van der Waals surface area contributed by atoms with E-state index in [0.717, 1.165) is 22.3 Å². The normalized spacial score (nSPS) is 14.6. The van der Waals surface area contributed by atoms with Gasteiger partial charge in [0.2, 0.25) is 5.91 Å². The predicted octanol–water partition coefficient (Wildman–Crippen LogP) is 7.26. The van der Waals surface area contributed by atoms with Gasteiger partial charge in [-0.2, -0.15) is 5.26 Å². The van der Waals surface area contributed by atoms with Crippen molar-refractivity contribution in [1.82, 2.24) is 20.0 Å². The number of nitrogens with two attached hydrogens (primary N) is 1. The summed E-state index contributed by atoms with van der Waals surface area (Å²) in [4.78, 5) is 36.5. The van der Waals surface area contributed by atoms with E-state index in [1.807, 2.05) is 83.7 Å². The summed E-state index contributed by atoms with van der Waals surface area (Å²) in [7, 11) is 3.79. The van der Waals surface area contributed by atoms with Gasteiger partial charge in [0.25, 0.3) is 0 Å². The number of aryl methyl sites for hydroxylation is 1. The lowest BCUT2D eigenvalue weighted by atomic mass is 9.87. The quantitative estimate of drug-likeness (QED) is 0.0998. The zero-order valence-electron chi connectivity index (χ0n) is 33.3. The average molecular weight is 727 g/mol. The van der Waals surface area contributed by atoms with Crippen LogP contribution in [0.4, 0.5) is 10.5 Å². The number of benzene rings is 2. The van der Waals surface area contributed by atoms with Crippen molar-refractivity contribution in [2.75, 3.05) is 58.8 Å². The van der Waals surface area contributed by atoms with Crippen LogP contribution in [0.25, 0.3) is 5.57 Å². The summed E-state index contributed by atoms with van der Waals surface area (Å²) in [5.74, 6) is -0.217. The van der Waals surface area contributed by atoms with E-state index in [9.17, 15) is 9.59 Å². The molecule has 2 aromatic rings. The van der Waals surface area contributed by atoms with E-state index in [1.54, 1.807) is 42.9 Å². The maximum Gasteiger partial charge on any atom is 0.321 e. The first-order valence-corrected chi connectivity index (χ1v) is 18.5. The van der Waals surface area contributed by atoms with Gasteiger partial charge in [-0.3, -0.25) is 9.69 Å². The number of ether oxygens (including phenoxy) is 1. The Balaban J connectivity index is 0.00000339. The number of rotatable bonds is 15. The number of nitriles is 1. The minimum Gasteiger partial charge on any atom is -0.405 e. The number of nitrogens with one attached hydrogen (secondary N) is 2. The first-order valence-electron chi connectivity index (χ1n) is 18.5. The highest BCUT2D eigenvalue weighted by Crippen LogP contribution is 2.35. The van der Waals surface area contributed by atoms with Gasteiger partial charge in [-0.1, -0.05) is 69.7 Å². The average Bonchev–Trinajstić information content (AvgIpc) is 3.18. The predicted molar refractivity (Wildman–Crippen MR) is 220 cm³/mol. The van der Waals surface area contributed by atoms with E-state index in [1.165, 1.54) is 6.20 Å². The van der Waals surface area contributed by atoms with Gasteiger partial charge in [0, 0.05) is 64.8 Å². The Morgan fingerprint density at radius 3 is 2.32 bits per heavy atom. The Morgan fingerprint density at radius 1 is 1.06 bits per heavy atom. The highest BCUT2D eigenvalue weighted by Gasteiger charge is 2.29. The van der Waals surface area contributed by atoms with Gasteiger partial charge < -0.3 is 30.9 Å². The number of anilines is 1. The second-order valence-electron chi connectivity index (χ2n) is 11.8. The molecule has 3 rings (SSSR count). The lowest BCUT2D eigenvalue weighted by molar-refractivity contribution is -0.125. The van der Waals surface area contributed by atoms with Gasteiger partial charge in [0.15, 0.2) is 0 Å². The van der Waals surface area contributed by atoms with Crippen molar-refractivity contribution in [1.29, 1.82) is 5.26 Å². The third-order valence-electron chi connectivity index (χ3n) is 7.97. The van der Waals surface area contributed by atoms with Gasteiger partial charge in [-0.25, -0.2) is 9.79 Å². The van der Waals surface area contributed by atoms with Crippen LogP contribution in [0.3, 0.4) is 0 Å². The topological polar surface area (TPSA) is 139 Å². The smallest absolute Gasteiger partial charge is 0.321 e. The van der Waals surface area contributed by atoms with Crippen LogP contribution >= 0.6 is 0 Å². The van der Waals surface area contributed by atoms with Crippen LogP contribution in [0.5, 0.6) is 0 Å². The third-order valence-corrected chi connectivity index (χ3v) is 7.97. The Kier molecular flexibility index (Phi) is 23.0. The number of carbonyl (C=O) groups is 2. The number of urea groups is 1. The van der Waals surface area contributed by atoms with Crippen LogP contribution in [-0.2, 0) is 9.53 Å². The van der Waals surface area contributed by atoms with Crippen LogP contribution in [0.15, 0.2) is 90.2 Å². The van der Waals surface area contributed by atoms with Crippen molar-refractivity contribution >= 4 is 29.5 Å². The number of aliphatic imine (C=N–C) groups is 1. The Hall–Kier alpha value is -5.18. The SMILES string of the molecule is C/C=C(\c1cc(C)ccc1C(C/C=C\C=C/N)N1CCN(C(=O)Nc2ccc(C#N)cc2)CC1)C(/C=C/N=CN(C)C)NC(=O)COCC.CC.CC. The van der Waals surface area contributed by atoms with E-state index >= 15 is 0 Å². The molecule has 53 heavy (non-hydrogen) atoms. The number of hydrogen-bond acceptors (Lipinski definition) is 7. The number of allylic oxidation sites excluding steroid dienone is 3. The maximum atomic E-state index is 13.1. The molecule has 11 nitrogen and oxygen atoms in total. The zero-order chi connectivity index (χ0) is 39.6. The van der Waals surface area contributed by atoms with E-state index in [2.05, 4.69) is 57.8 Å². The lowest BCUT2D eigenvalue weighted by Crippen LogP contribution is -2.51. The van der Waals surface area contributed by atoms with Crippen molar-refractivity contribution in [2.24, 2.45) is 10.7 Å². The third kappa shape index (κ3) is 15.9. The number of piperazine rings is 1. The number of nitrogens with zero attached hydrogens (tertiary/aromatic N) is 5. The van der Waals surface area contributed by atoms with Crippen molar-refractivity contribution < 1.29 is 14.3 Å². The van der Waals surface area contributed by atoms with Crippen molar-refractivity contribution in [3.05, 3.63) is 107 Å². The lowest BCUT2D eigenvalue weighted by Gasteiger charge is -2.40. The van der Waals surface area contributed by atoms with Gasteiger partial charge in [0.1, 0.15) is 6.61 Å². The van der Waals surface area contributed by atoms with Gasteiger partial charge >= 0.3 is 6.03 Å². The Morgan fingerprint density at radius 2 is 1.74 bits per heavy atom. The van der Waals surface area contributed by atoms with Gasteiger partial charge in [-0.15, -0.1) is 0 Å². The molecule has 2 aromatic carbocycles. The molecule has 288 valence electrons. The van der Waals surface area contributed by atoms with E-state index in [4.69, 9.17) is 15.7 Å². The van der Waals surface area contributed by atoms with Gasteiger partial charge in [-0.05, 0) is 86.5 Å². The summed E-state index contributed by atoms with van der Waals surface area (Å²) in [6, 6.07) is 14.7. The molecule has 1 aliphatic rings. The van der Waals surface area contributed by atoms with Crippen LogP contribution in [0.1, 0.15) is 76.3 Å². The molecule has 1 heterocycles. The molecule has 0 aromatic heterocycles. The molecule has 2 atom stereocenters. The molecule has 0 spiro atoms. The van der Waals surface area contributed by atoms with Gasteiger partial charge in [0.05, 0.1) is 24.0 Å². The summed E-state index contributed by atoms with van der Waals surface area (Å²) in [5, 5.41) is 15.2. The number of hydrogen-bond donors (Lipinski definition) is 3. The molecule has 1 saturated heterocycles. The molecule has 0 radical (unpaired) electrons. The molecular formula is C42H62N8O3. The highest BCUT2D eigenvalue weighted by atomic mass is 16.5. The number of amides is 3. The van der Waals surface area contributed by atoms with Crippen molar-refractivity contribution in [3.63, 3.8) is 0 Å². The number of carbonyl (C=O) groups excluding carboxylic acids is 2. The molecule has 4 N–H and O–H groups in total. The molecule has 11 heteroatoms. The summed E-state index contributed by atoms with van der Waals surface area (Å²) in [6.45, 7) is 16.7. The minimum atomic E-state index is -0.461. The molecule has 0 aliphatic carbocycles. The molecule has 3 amide bonds. The van der Waals surface area contributed by atoms with E-state index < -0.39 is 6.04 Å². The maximum absolute atomic E-state index is 13.1. The summed E-state index contributed by atoms with van der Waals surface area (Å²) in [5.41, 5.74) is 11.0. The monoisotopic (exact) mass is 726 g/mol. The molecule has 1 aliphatic heterocycles. The second kappa shape index (κ2) is 26.6. The van der Waals surface area contributed by atoms with Crippen molar-refractivity contribution in [3.8, 4) is 6.07 Å². The molecule has 1 fully saturated rings.